The number of fused-ring (bicyclic) bond motifs is 1. The molecule has 7 nitrogen and oxygen atoms in total. The van der Waals surface area contributed by atoms with Crippen molar-refractivity contribution in [1.82, 2.24) is 10.4 Å². The molecule has 0 spiro atoms. The van der Waals surface area contributed by atoms with E-state index in [0.717, 1.165) is 5.01 Å². The van der Waals surface area contributed by atoms with Crippen LogP contribution in [0.3, 0.4) is 0 Å². The number of rotatable bonds is 1. The third-order valence-electron chi connectivity index (χ3n) is 2.86. The van der Waals surface area contributed by atoms with E-state index >= 15 is 0 Å². The van der Waals surface area contributed by atoms with Crippen LogP contribution in [0.1, 0.15) is 0 Å². The minimum Gasteiger partial charge on any atom is -0.440 e. The first-order valence-electron chi connectivity index (χ1n) is 4.65. The average molecular weight is 218 g/mol. The highest BCUT2D eigenvalue weighted by Gasteiger charge is 2.55. The van der Waals surface area contributed by atoms with Gasteiger partial charge in [0.25, 0.3) is 0 Å². The molecule has 1 amide bonds. The lowest BCUT2D eigenvalue weighted by molar-refractivity contribution is -0.0633. The summed E-state index contributed by atoms with van der Waals surface area (Å²) in [5.41, 5.74) is 2.80. The van der Waals surface area contributed by atoms with Gasteiger partial charge in [-0.1, -0.05) is 0 Å². The Hall–Kier alpha value is -0.890. The van der Waals surface area contributed by atoms with Crippen molar-refractivity contribution >= 4 is 6.09 Å². The minimum absolute atomic E-state index is 0.428. The molecule has 2 aliphatic rings. The van der Waals surface area contributed by atoms with Gasteiger partial charge in [0.1, 0.15) is 18.3 Å². The number of aliphatic hydroxyl groups excluding tert-OH is 2. The SMILES string of the molecule is CO[C@H]1[C@H](O)[C@H](O)[C@@H]2OC(=O)N(C)N[C@H]12. The van der Waals surface area contributed by atoms with Gasteiger partial charge in [-0.2, -0.15) is 0 Å². The fraction of sp³-hybridized carbons (Fsp3) is 0.875. The van der Waals surface area contributed by atoms with Gasteiger partial charge in [0.15, 0.2) is 6.10 Å². The molecule has 1 aliphatic carbocycles. The van der Waals surface area contributed by atoms with Crippen LogP contribution in [0.4, 0.5) is 4.79 Å². The van der Waals surface area contributed by atoms with Crippen molar-refractivity contribution in [2.45, 2.75) is 30.5 Å². The predicted molar refractivity (Wildman–Crippen MR) is 47.8 cm³/mol. The van der Waals surface area contributed by atoms with E-state index in [9.17, 15) is 15.0 Å². The molecule has 0 aromatic heterocycles. The molecule has 7 heteroatoms. The van der Waals surface area contributed by atoms with E-state index < -0.39 is 36.6 Å². The first-order valence-corrected chi connectivity index (χ1v) is 4.65. The second kappa shape index (κ2) is 3.60. The molecule has 0 radical (unpaired) electrons. The summed E-state index contributed by atoms with van der Waals surface area (Å²) in [4.78, 5) is 11.2. The van der Waals surface area contributed by atoms with Crippen molar-refractivity contribution < 1.29 is 24.5 Å². The maximum Gasteiger partial charge on any atom is 0.424 e. The Morgan fingerprint density at radius 3 is 2.73 bits per heavy atom. The van der Waals surface area contributed by atoms with Gasteiger partial charge < -0.3 is 19.7 Å². The molecule has 1 aliphatic heterocycles. The summed E-state index contributed by atoms with van der Waals surface area (Å²) in [6, 6.07) is -0.428. The zero-order chi connectivity index (χ0) is 11.2. The highest BCUT2D eigenvalue weighted by molar-refractivity contribution is 5.68. The van der Waals surface area contributed by atoms with E-state index in [4.69, 9.17) is 9.47 Å². The molecule has 0 unspecified atom stereocenters. The number of nitrogens with one attached hydrogen (secondary N) is 1. The second-order valence-corrected chi connectivity index (χ2v) is 3.74. The molecule has 86 valence electrons. The van der Waals surface area contributed by atoms with E-state index in [1.807, 2.05) is 0 Å². The van der Waals surface area contributed by atoms with E-state index in [1.165, 1.54) is 14.2 Å². The number of amides is 1. The van der Waals surface area contributed by atoms with Crippen LogP contribution in [0.25, 0.3) is 0 Å². The standard InChI is InChI=1S/C8H14N2O5/c1-10-8(13)15-7-3(9-10)6(14-2)4(11)5(7)12/h3-7,9,11-12H,1-2H3/t3-,4-,5+,6-,7-/m1/s1. The molecule has 2 rings (SSSR count). The summed E-state index contributed by atoms with van der Waals surface area (Å²) >= 11 is 0. The molecule has 15 heavy (non-hydrogen) atoms. The Labute approximate surface area is 86.5 Å². The molecular formula is C8H14N2O5. The van der Waals surface area contributed by atoms with Crippen LogP contribution in [0.5, 0.6) is 0 Å². The number of hydrogen-bond donors (Lipinski definition) is 3. The van der Waals surface area contributed by atoms with Crippen LogP contribution >= 0.6 is 0 Å². The molecule has 3 N–H and O–H groups in total. The summed E-state index contributed by atoms with van der Waals surface area (Å²) in [6.45, 7) is 0. The number of nitrogens with zero attached hydrogens (tertiary/aromatic N) is 1. The van der Waals surface area contributed by atoms with Gasteiger partial charge in [-0.05, 0) is 0 Å². The Morgan fingerprint density at radius 2 is 2.13 bits per heavy atom. The van der Waals surface area contributed by atoms with Gasteiger partial charge in [0.2, 0.25) is 0 Å². The third kappa shape index (κ3) is 1.48. The van der Waals surface area contributed by atoms with Crippen LogP contribution in [-0.4, -0.2) is 65.9 Å². The normalized spacial score (nSPS) is 45.2. The first-order chi connectivity index (χ1) is 7.06. The number of aliphatic hydroxyl groups is 2. The number of methoxy groups -OCH3 is 1. The molecule has 0 bridgehead atoms. The van der Waals surface area contributed by atoms with Crippen molar-refractivity contribution in [3.63, 3.8) is 0 Å². The highest BCUT2D eigenvalue weighted by atomic mass is 16.6. The van der Waals surface area contributed by atoms with Gasteiger partial charge >= 0.3 is 6.09 Å². The molecule has 0 aromatic carbocycles. The van der Waals surface area contributed by atoms with Crippen LogP contribution in [-0.2, 0) is 9.47 Å². The number of carbonyl (C=O) groups excluding carboxylic acids is 1. The van der Waals surface area contributed by atoms with Crippen molar-refractivity contribution in [3.05, 3.63) is 0 Å². The molecule has 2 fully saturated rings. The Kier molecular flexibility index (Phi) is 2.55. The fourth-order valence-corrected chi connectivity index (χ4v) is 2.05. The van der Waals surface area contributed by atoms with Crippen LogP contribution in [0.15, 0.2) is 0 Å². The zero-order valence-corrected chi connectivity index (χ0v) is 8.45. The van der Waals surface area contributed by atoms with Gasteiger partial charge in [-0.25, -0.2) is 15.2 Å². The highest BCUT2D eigenvalue weighted by Crippen LogP contribution is 2.29. The summed E-state index contributed by atoms with van der Waals surface area (Å²) in [7, 11) is 2.93. The van der Waals surface area contributed by atoms with Crippen molar-refractivity contribution in [2.75, 3.05) is 14.2 Å². The fourth-order valence-electron chi connectivity index (χ4n) is 2.05. The predicted octanol–water partition coefficient (Wildman–Crippen LogP) is -1.94. The molecule has 5 atom stereocenters. The summed E-state index contributed by atoms with van der Waals surface area (Å²) in [6.07, 6.45) is -4.13. The molecule has 1 heterocycles. The van der Waals surface area contributed by atoms with E-state index in [2.05, 4.69) is 5.43 Å². The topological polar surface area (TPSA) is 91.3 Å². The number of carbonyl (C=O) groups is 1. The summed E-state index contributed by atoms with van der Waals surface area (Å²) < 4.78 is 10.0. The number of hydrogen-bond acceptors (Lipinski definition) is 6. The second-order valence-electron chi connectivity index (χ2n) is 3.74. The largest absolute Gasteiger partial charge is 0.440 e. The lowest BCUT2D eigenvalue weighted by Crippen LogP contribution is -2.60. The van der Waals surface area contributed by atoms with Crippen LogP contribution in [0.2, 0.25) is 0 Å². The number of hydrazine groups is 1. The van der Waals surface area contributed by atoms with Crippen LogP contribution in [0, 0.1) is 0 Å². The zero-order valence-electron chi connectivity index (χ0n) is 8.45. The van der Waals surface area contributed by atoms with Gasteiger partial charge in [-0.3, -0.25) is 0 Å². The molecule has 1 saturated heterocycles. The number of ether oxygens (including phenoxy) is 2. The minimum atomic E-state index is -1.12. The third-order valence-corrected chi connectivity index (χ3v) is 2.86. The van der Waals surface area contributed by atoms with Crippen LogP contribution < -0.4 is 5.43 Å². The summed E-state index contributed by atoms with van der Waals surface area (Å²) in [5.74, 6) is 0. The lowest BCUT2D eigenvalue weighted by atomic mass is 10.2. The summed E-state index contributed by atoms with van der Waals surface area (Å²) in [5, 5.41) is 20.4. The lowest BCUT2D eigenvalue weighted by Gasteiger charge is -2.35. The molecular weight excluding hydrogens is 204 g/mol. The van der Waals surface area contributed by atoms with Gasteiger partial charge in [-0.15, -0.1) is 0 Å². The van der Waals surface area contributed by atoms with Crippen molar-refractivity contribution in [3.8, 4) is 0 Å². The first kappa shape index (κ1) is 10.6. The molecule has 1 saturated carbocycles. The van der Waals surface area contributed by atoms with E-state index in [1.54, 1.807) is 0 Å². The van der Waals surface area contributed by atoms with Gasteiger partial charge in [0.05, 0.1) is 6.04 Å². The average Bonchev–Trinajstić information content (AvgIpc) is 2.42. The quantitative estimate of drug-likeness (QED) is 0.474. The Morgan fingerprint density at radius 1 is 1.47 bits per heavy atom. The van der Waals surface area contributed by atoms with Crippen molar-refractivity contribution in [1.29, 1.82) is 0 Å². The van der Waals surface area contributed by atoms with Crippen molar-refractivity contribution in [2.24, 2.45) is 0 Å². The maximum absolute atomic E-state index is 11.2. The van der Waals surface area contributed by atoms with Gasteiger partial charge in [0, 0.05) is 14.2 Å². The Bertz CT molecular complexity index is 274. The Balaban J connectivity index is 2.20. The molecule has 0 aromatic rings. The van der Waals surface area contributed by atoms with E-state index in [0.29, 0.717) is 0 Å². The smallest absolute Gasteiger partial charge is 0.424 e. The van der Waals surface area contributed by atoms with E-state index in [-0.39, 0.29) is 0 Å². The maximum atomic E-state index is 11.2. The monoisotopic (exact) mass is 218 g/mol.